The molecule has 0 amide bonds. The first-order chi connectivity index (χ1) is 9.08. The molecule has 0 bridgehead atoms. The van der Waals surface area contributed by atoms with Crippen LogP contribution in [0.2, 0.25) is 0 Å². The van der Waals surface area contributed by atoms with Gasteiger partial charge in [-0.2, -0.15) is 0 Å². The number of aryl methyl sites for hydroxylation is 1. The number of hydrogen-bond acceptors (Lipinski definition) is 5. The zero-order valence-electron chi connectivity index (χ0n) is 11.6. The fourth-order valence-electron chi connectivity index (χ4n) is 1.72. The second-order valence-corrected chi connectivity index (χ2v) is 4.62. The van der Waals surface area contributed by atoms with E-state index in [1.807, 2.05) is 19.2 Å². The maximum Gasteiger partial charge on any atom is 0.379 e. The molecule has 0 N–H and O–H groups in total. The second-order valence-electron chi connectivity index (χ2n) is 3.77. The van der Waals surface area contributed by atoms with Crippen LogP contribution in [0.15, 0.2) is 17.0 Å². The van der Waals surface area contributed by atoms with Gasteiger partial charge < -0.3 is 9.47 Å². The molecule has 0 aliphatic rings. The summed E-state index contributed by atoms with van der Waals surface area (Å²) in [5.74, 6) is -0.843. The molecule has 4 nitrogen and oxygen atoms in total. The number of methoxy groups -OCH3 is 1. The number of carbonyl (C=O) groups is 2. The number of esters is 1. The van der Waals surface area contributed by atoms with Gasteiger partial charge in [0.2, 0.25) is 0 Å². The van der Waals surface area contributed by atoms with Crippen LogP contribution < -0.4 is 4.74 Å². The molecule has 0 heterocycles. The summed E-state index contributed by atoms with van der Waals surface area (Å²) < 4.78 is 10.0. The summed E-state index contributed by atoms with van der Waals surface area (Å²) in [5.41, 5.74) is 1.34. The highest BCUT2D eigenvalue weighted by Gasteiger charge is 2.22. The van der Waals surface area contributed by atoms with Gasteiger partial charge in [0, 0.05) is 10.5 Å². The molecule has 0 unspecified atom stereocenters. The molecule has 1 aromatic carbocycles. The highest BCUT2D eigenvalue weighted by molar-refractivity contribution is 7.98. The lowest BCUT2D eigenvalue weighted by atomic mass is 10.0. The van der Waals surface area contributed by atoms with E-state index in [0.717, 1.165) is 16.9 Å². The van der Waals surface area contributed by atoms with E-state index in [1.165, 1.54) is 11.8 Å². The van der Waals surface area contributed by atoms with E-state index >= 15 is 0 Å². The number of hydrogen-bond donors (Lipinski definition) is 0. The average Bonchev–Trinajstić information content (AvgIpc) is 2.45. The normalized spacial score (nSPS) is 10.1. The van der Waals surface area contributed by atoms with E-state index in [4.69, 9.17) is 9.47 Å². The van der Waals surface area contributed by atoms with E-state index in [-0.39, 0.29) is 6.61 Å². The van der Waals surface area contributed by atoms with Crippen molar-refractivity contribution in [3.05, 3.63) is 23.3 Å². The van der Waals surface area contributed by atoms with Crippen molar-refractivity contribution in [1.82, 2.24) is 0 Å². The van der Waals surface area contributed by atoms with Crippen LogP contribution in [0.25, 0.3) is 0 Å². The van der Waals surface area contributed by atoms with Crippen molar-refractivity contribution in [2.45, 2.75) is 25.2 Å². The Bertz CT molecular complexity index is 483. The quantitative estimate of drug-likeness (QED) is 0.347. The number of ketones is 1. The molecule has 5 heteroatoms. The van der Waals surface area contributed by atoms with E-state index in [0.29, 0.717) is 11.3 Å². The van der Waals surface area contributed by atoms with Crippen LogP contribution in [0.3, 0.4) is 0 Å². The van der Waals surface area contributed by atoms with Crippen molar-refractivity contribution < 1.29 is 19.1 Å². The van der Waals surface area contributed by atoms with Crippen molar-refractivity contribution in [2.24, 2.45) is 0 Å². The number of ether oxygens (including phenoxy) is 2. The van der Waals surface area contributed by atoms with Crippen LogP contribution in [0.4, 0.5) is 0 Å². The zero-order valence-corrected chi connectivity index (χ0v) is 12.4. The van der Waals surface area contributed by atoms with Gasteiger partial charge >= 0.3 is 5.97 Å². The van der Waals surface area contributed by atoms with Crippen LogP contribution in [0, 0.1) is 0 Å². The number of rotatable bonds is 6. The first-order valence-corrected chi connectivity index (χ1v) is 7.27. The third-order valence-electron chi connectivity index (χ3n) is 2.69. The standard InChI is InChI=1S/C14H18O4S/c1-5-9-7-12(19-4)10(8-11(9)17-3)13(15)14(16)18-6-2/h7-8H,5-6H2,1-4H3. The Hall–Kier alpha value is -1.49. The number of Topliss-reactive ketones (excluding diaryl/α,β-unsaturated/α-hetero) is 1. The Kier molecular flexibility index (Phi) is 5.89. The molecule has 0 atom stereocenters. The largest absolute Gasteiger partial charge is 0.496 e. The maximum absolute atomic E-state index is 12.0. The lowest BCUT2D eigenvalue weighted by molar-refractivity contribution is -0.137. The van der Waals surface area contributed by atoms with Gasteiger partial charge in [-0.15, -0.1) is 11.8 Å². The Labute approximate surface area is 117 Å². The van der Waals surface area contributed by atoms with Gasteiger partial charge in [-0.3, -0.25) is 4.79 Å². The first kappa shape index (κ1) is 15.6. The van der Waals surface area contributed by atoms with Crippen molar-refractivity contribution in [1.29, 1.82) is 0 Å². The van der Waals surface area contributed by atoms with Crippen molar-refractivity contribution >= 4 is 23.5 Å². The molecule has 1 aromatic rings. The molecule has 0 fully saturated rings. The maximum atomic E-state index is 12.0. The van der Waals surface area contributed by atoms with Gasteiger partial charge in [-0.05, 0) is 37.3 Å². The fraction of sp³-hybridized carbons (Fsp3) is 0.429. The molecule has 0 aromatic heterocycles. The molecule has 0 radical (unpaired) electrons. The summed E-state index contributed by atoms with van der Waals surface area (Å²) in [7, 11) is 1.55. The molecular weight excluding hydrogens is 264 g/mol. The molecular formula is C14H18O4S. The van der Waals surface area contributed by atoms with Gasteiger partial charge in [0.1, 0.15) is 5.75 Å². The van der Waals surface area contributed by atoms with Gasteiger partial charge in [-0.25, -0.2) is 4.79 Å². The molecule has 1 rings (SSSR count). The summed E-state index contributed by atoms with van der Waals surface area (Å²) in [6.07, 6.45) is 2.66. The number of benzene rings is 1. The third-order valence-corrected chi connectivity index (χ3v) is 3.47. The molecule has 0 aliphatic heterocycles. The van der Waals surface area contributed by atoms with E-state index in [2.05, 4.69) is 0 Å². The van der Waals surface area contributed by atoms with Gasteiger partial charge in [-0.1, -0.05) is 6.92 Å². The Morgan fingerprint density at radius 1 is 1.26 bits per heavy atom. The predicted molar refractivity (Wildman–Crippen MR) is 75.1 cm³/mol. The summed E-state index contributed by atoms with van der Waals surface area (Å²) in [4.78, 5) is 24.3. The summed E-state index contributed by atoms with van der Waals surface area (Å²) in [6.45, 7) is 3.86. The van der Waals surface area contributed by atoms with E-state index in [1.54, 1.807) is 20.1 Å². The monoisotopic (exact) mass is 282 g/mol. The SMILES string of the molecule is CCOC(=O)C(=O)c1cc(OC)c(CC)cc1SC. The van der Waals surface area contributed by atoms with Crippen LogP contribution in [0.1, 0.15) is 29.8 Å². The third kappa shape index (κ3) is 3.50. The molecule has 0 spiro atoms. The Balaban J connectivity index is 3.25. The molecule has 19 heavy (non-hydrogen) atoms. The average molecular weight is 282 g/mol. The van der Waals surface area contributed by atoms with Gasteiger partial charge in [0.25, 0.3) is 5.78 Å². The topological polar surface area (TPSA) is 52.6 Å². The van der Waals surface area contributed by atoms with Crippen LogP contribution in [-0.4, -0.2) is 31.7 Å². The van der Waals surface area contributed by atoms with Crippen molar-refractivity contribution in [3.8, 4) is 5.75 Å². The second kappa shape index (κ2) is 7.19. The highest BCUT2D eigenvalue weighted by atomic mass is 32.2. The lowest BCUT2D eigenvalue weighted by Crippen LogP contribution is -2.18. The molecule has 104 valence electrons. The summed E-state index contributed by atoms with van der Waals surface area (Å²) in [6, 6.07) is 3.50. The van der Waals surface area contributed by atoms with Crippen molar-refractivity contribution in [2.75, 3.05) is 20.0 Å². The fourth-order valence-corrected chi connectivity index (χ4v) is 2.35. The zero-order chi connectivity index (χ0) is 14.4. The molecule has 0 saturated heterocycles. The van der Waals surface area contributed by atoms with Gasteiger partial charge in [0.05, 0.1) is 13.7 Å². The first-order valence-electron chi connectivity index (χ1n) is 6.05. The minimum Gasteiger partial charge on any atom is -0.496 e. The van der Waals surface area contributed by atoms with Crippen LogP contribution in [-0.2, 0) is 16.0 Å². The van der Waals surface area contributed by atoms with E-state index < -0.39 is 11.8 Å². The number of thioether (sulfide) groups is 1. The highest BCUT2D eigenvalue weighted by Crippen LogP contribution is 2.30. The number of carbonyl (C=O) groups excluding carboxylic acids is 2. The Morgan fingerprint density at radius 3 is 2.42 bits per heavy atom. The lowest BCUT2D eigenvalue weighted by Gasteiger charge is -2.12. The Morgan fingerprint density at radius 2 is 1.95 bits per heavy atom. The molecule has 0 saturated carbocycles. The van der Waals surface area contributed by atoms with Crippen molar-refractivity contribution in [3.63, 3.8) is 0 Å². The summed E-state index contributed by atoms with van der Waals surface area (Å²) in [5, 5.41) is 0. The summed E-state index contributed by atoms with van der Waals surface area (Å²) >= 11 is 1.42. The minimum atomic E-state index is -0.830. The predicted octanol–water partition coefficient (Wildman–Crippen LogP) is 2.73. The van der Waals surface area contributed by atoms with Crippen LogP contribution in [0.5, 0.6) is 5.75 Å². The van der Waals surface area contributed by atoms with E-state index in [9.17, 15) is 9.59 Å². The smallest absolute Gasteiger partial charge is 0.379 e. The molecule has 0 aliphatic carbocycles. The van der Waals surface area contributed by atoms with Crippen LogP contribution >= 0.6 is 11.8 Å². The minimum absolute atomic E-state index is 0.184. The van der Waals surface area contributed by atoms with Gasteiger partial charge in [0.15, 0.2) is 0 Å².